The van der Waals surface area contributed by atoms with Crippen molar-refractivity contribution in [3.05, 3.63) is 120 Å². The number of hydrogen-bond acceptors (Lipinski definition) is 4. The topological polar surface area (TPSA) is 82.5 Å². The maximum Gasteiger partial charge on any atom is 0.266 e. The minimum atomic E-state index is -0.376. The number of anilines is 2. The third-order valence-corrected chi connectivity index (χ3v) is 9.00. The Bertz CT molecular complexity index is 2220. The van der Waals surface area contributed by atoms with Gasteiger partial charge in [-0.2, -0.15) is 0 Å². The largest absolute Gasteiger partial charge is 0.268 e. The van der Waals surface area contributed by atoms with Gasteiger partial charge in [-0.1, -0.05) is 24.3 Å². The zero-order chi connectivity index (χ0) is 30.0. The van der Waals surface area contributed by atoms with Crippen LogP contribution in [0.15, 0.2) is 97.6 Å². The number of hydrogen-bond donors (Lipinski definition) is 0. The minimum Gasteiger partial charge on any atom is -0.268 e. The number of benzene rings is 5. The molecule has 0 saturated carbocycles. The van der Waals surface area contributed by atoms with Crippen LogP contribution in [0, 0.1) is 0 Å². The van der Waals surface area contributed by atoms with Gasteiger partial charge in [0.15, 0.2) is 24.8 Å². The highest BCUT2D eigenvalue weighted by Crippen LogP contribution is 2.46. The number of amides is 4. The quantitative estimate of drug-likeness (QED) is 0.126. The van der Waals surface area contributed by atoms with E-state index in [0.29, 0.717) is 44.4 Å². The number of carbonyl (C=O) groups excluding carboxylic acids is 4. The normalized spacial score (nSPS) is 14.7. The molecule has 0 atom stereocenters. The summed E-state index contributed by atoms with van der Waals surface area (Å²) in [5, 5.41) is 6.32. The summed E-state index contributed by atoms with van der Waals surface area (Å²) in [5.41, 5.74) is 2.83. The molecule has 8 nitrogen and oxygen atoms in total. The van der Waals surface area contributed by atoms with Gasteiger partial charge in [-0.25, -0.2) is 18.9 Å². The maximum atomic E-state index is 13.9. The van der Waals surface area contributed by atoms with Gasteiger partial charge in [-0.3, -0.25) is 19.2 Å². The summed E-state index contributed by atoms with van der Waals surface area (Å²) in [6, 6.07) is 21.9. The Labute approximate surface area is 249 Å². The molecule has 0 spiro atoms. The first-order valence-corrected chi connectivity index (χ1v) is 14.2. The molecule has 4 amide bonds. The molecule has 44 heavy (non-hydrogen) atoms. The summed E-state index contributed by atoms with van der Waals surface area (Å²) < 4.78 is 3.60. The number of aromatic nitrogens is 2. The standard InChI is InChI=1S/C36H22N4O4/c1-37-15-3-5-19(17-37)39-33(41)25-11-7-21-23-9-13-27-32-28(36(44)40(35(27)43)20-6-4-16-38(2)18-20)14-10-24(30(23)32)22-8-12-26(34(39)42)31(25)29(21)22/h3-18H,1-2H3/q+2. The molecule has 7 aromatic rings. The second-order valence-electron chi connectivity index (χ2n) is 11.5. The van der Waals surface area contributed by atoms with E-state index in [4.69, 9.17) is 0 Å². The first kappa shape index (κ1) is 24.6. The smallest absolute Gasteiger partial charge is 0.266 e. The molecular weight excluding hydrogens is 552 g/mol. The molecule has 5 aromatic carbocycles. The van der Waals surface area contributed by atoms with Gasteiger partial charge in [-0.15, -0.1) is 0 Å². The molecule has 2 aromatic heterocycles. The molecule has 2 aliphatic heterocycles. The van der Waals surface area contributed by atoms with Gasteiger partial charge in [-0.05, 0) is 68.7 Å². The Morgan fingerprint density at radius 2 is 0.750 bits per heavy atom. The Morgan fingerprint density at radius 1 is 0.432 bits per heavy atom. The number of imide groups is 2. The lowest BCUT2D eigenvalue weighted by Crippen LogP contribution is -2.42. The highest BCUT2D eigenvalue weighted by Gasteiger charge is 2.38. The second-order valence-corrected chi connectivity index (χ2v) is 11.5. The molecule has 2 aliphatic rings. The average molecular weight is 575 g/mol. The van der Waals surface area contributed by atoms with Crippen LogP contribution >= 0.6 is 0 Å². The van der Waals surface area contributed by atoms with E-state index >= 15 is 0 Å². The lowest BCUT2D eigenvalue weighted by molar-refractivity contribution is -0.671. The van der Waals surface area contributed by atoms with Gasteiger partial charge in [0.1, 0.15) is 25.5 Å². The van der Waals surface area contributed by atoms with Crippen molar-refractivity contribution in [2.45, 2.75) is 0 Å². The molecule has 9 rings (SSSR count). The van der Waals surface area contributed by atoms with E-state index in [1.165, 1.54) is 9.80 Å². The van der Waals surface area contributed by atoms with Crippen LogP contribution in [0.25, 0.3) is 43.1 Å². The van der Waals surface area contributed by atoms with E-state index in [2.05, 4.69) is 0 Å². The molecule has 4 heterocycles. The first-order chi connectivity index (χ1) is 21.3. The zero-order valence-corrected chi connectivity index (χ0v) is 23.7. The highest BCUT2D eigenvalue weighted by molar-refractivity contribution is 6.45. The third-order valence-electron chi connectivity index (χ3n) is 9.00. The Balaban J connectivity index is 1.32. The van der Waals surface area contributed by atoms with E-state index in [9.17, 15) is 19.2 Å². The number of carbonyl (C=O) groups is 4. The summed E-state index contributed by atoms with van der Waals surface area (Å²) in [7, 11) is 3.69. The van der Waals surface area contributed by atoms with Crippen LogP contribution in [0.5, 0.6) is 0 Å². The van der Waals surface area contributed by atoms with Gasteiger partial charge >= 0.3 is 0 Å². The van der Waals surface area contributed by atoms with E-state index in [0.717, 1.165) is 32.3 Å². The van der Waals surface area contributed by atoms with Crippen LogP contribution in [0.4, 0.5) is 11.4 Å². The van der Waals surface area contributed by atoms with Gasteiger partial charge in [0.05, 0.1) is 0 Å². The van der Waals surface area contributed by atoms with Gasteiger partial charge in [0.25, 0.3) is 23.6 Å². The van der Waals surface area contributed by atoms with Crippen molar-refractivity contribution in [2.24, 2.45) is 14.1 Å². The maximum absolute atomic E-state index is 13.9. The monoisotopic (exact) mass is 574 g/mol. The Morgan fingerprint density at radius 3 is 1.05 bits per heavy atom. The molecular formula is C36H22N4O4+2. The van der Waals surface area contributed by atoms with Crippen molar-refractivity contribution in [1.82, 2.24) is 0 Å². The van der Waals surface area contributed by atoms with E-state index in [1.807, 2.05) is 50.8 Å². The average Bonchev–Trinajstić information content (AvgIpc) is 3.02. The number of aryl methyl sites for hydroxylation is 2. The van der Waals surface area contributed by atoms with Crippen LogP contribution in [0.2, 0.25) is 0 Å². The van der Waals surface area contributed by atoms with E-state index in [-0.39, 0.29) is 23.6 Å². The molecule has 0 radical (unpaired) electrons. The summed E-state index contributed by atoms with van der Waals surface area (Å²) >= 11 is 0. The molecule has 0 saturated heterocycles. The molecule has 0 N–H and O–H groups in total. The number of nitrogens with zero attached hydrogens (tertiary/aromatic N) is 4. The number of rotatable bonds is 2. The van der Waals surface area contributed by atoms with Crippen molar-refractivity contribution < 1.29 is 28.3 Å². The SMILES string of the molecule is C[n+]1cccc(N2C(=O)c3ccc4c5ccc6c7c(ccc(c8ccc(c3c48)C2=O)c75)C(=O)N(c2ccc[n+](C)c2)C6=O)c1. The highest BCUT2D eigenvalue weighted by atomic mass is 16.2. The van der Waals surface area contributed by atoms with Crippen LogP contribution in [0.1, 0.15) is 41.4 Å². The van der Waals surface area contributed by atoms with Crippen LogP contribution in [-0.2, 0) is 14.1 Å². The summed E-state index contributed by atoms with van der Waals surface area (Å²) in [6.45, 7) is 0. The Kier molecular flexibility index (Phi) is 4.63. The fourth-order valence-electron chi connectivity index (χ4n) is 7.15. The van der Waals surface area contributed by atoms with E-state index < -0.39 is 0 Å². The molecule has 0 bridgehead atoms. The fraction of sp³-hybridized carbons (Fsp3) is 0.0556. The van der Waals surface area contributed by atoms with Crippen molar-refractivity contribution in [2.75, 3.05) is 9.80 Å². The van der Waals surface area contributed by atoms with Crippen LogP contribution in [0.3, 0.4) is 0 Å². The van der Waals surface area contributed by atoms with Crippen molar-refractivity contribution in [1.29, 1.82) is 0 Å². The molecule has 8 heteroatoms. The predicted octanol–water partition coefficient (Wildman–Crippen LogP) is 4.99. The lowest BCUT2D eigenvalue weighted by atomic mass is 9.82. The predicted molar refractivity (Wildman–Crippen MR) is 165 cm³/mol. The van der Waals surface area contributed by atoms with Gasteiger partial charge in [0, 0.05) is 45.2 Å². The zero-order valence-electron chi connectivity index (χ0n) is 23.7. The van der Waals surface area contributed by atoms with Gasteiger partial charge in [0.2, 0.25) is 0 Å². The summed E-state index contributed by atoms with van der Waals surface area (Å²) in [6.07, 6.45) is 7.19. The summed E-state index contributed by atoms with van der Waals surface area (Å²) in [5.74, 6) is -1.50. The lowest BCUT2D eigenvalue weighted by Gasteiger charge is -2.29. The molecule has 0 unspecified atom stereocenters. The Hall–Kier alpha value is -6.02. The molecule has 0 fully saturated rings. The molecule has 208 valence electrons. The number of fused-ring (bicyclic) bond motifs is 2. The van der Waals surface area contributed by atoms with Crippen LogP contribution < -0.4 is 18.9 Å². The molecule has 0 aliphatic carbocycles. The second kappa shape index (κ2) is 8.29. The minimum absolute atomic E-state index is 0.376. The third kappa shape index (κ3) is 2.96. The van der Waals surface area contributed by atoms with E-state index in [1.54, 1.807) is 70.1 Å². The summed E-state index contributed by atoms with van der Waals surface area (Å²) in [4.78, 5) is 58.0. The van der Waals surface area contributed by atoms with Crippen molar-refractivity contribution in [3.8, 4) is 0 Å². The van der Waals surface area contributed by atoms with Crippen LogP contribution in [-0.4, -0.2) is 23.6 Å². The van der Waals surface area contributed by atoms with Crippen molar-refractivity contribution in [3.63, 3.8) is 0 Å². The first-order valence-electron chi connectivity index (χ1n) is 14.2. The number of pyridine rings is 2. The van der Waals surface area contributed by atoms with Gasteiger partial charge < -0.3 is 0 Å². The van der Waals surface area contributed by atoms with Crippen molar-refractivity contribution >= 4 is 78.1 Å². The fourth-order valence-corrected chi connectivity index (χ4v) is 7.15.